The predicted molar refractivity (Wildman–Crippen MR) is 128 cm³/mol. The number of aromatic nitrogens is 3. The minimum atomic E-state index is -0.293. The van der Waals surface area contributed by atoms with Crippen molar-refractivity contribution in [2.45, 2.75) is 126 Å². The number of nitrogens with one attached hydrogen (secondary N) is 2. The topological polar surface area (TPSA) is 88.9 Å². The number of carbonyl (C=O) groups is 2. The lowest BCUT2D eigenvalue weighted by atomic mass is 9.93. The molecule has 0 aliphatic carbocycles. The zero-order chi connectivity index (χ0) is 22.6. The van der Waals surface area contributed by atoms with E-state index >= 15 is 0 Å². The van der Waals surface area contributed by atoms with Crippen LogP contribution in [0.3, 0.4) is 0 Å². The fraction of sp³-hybridized carbons (Fsp3) is 0.826. The first-order chi connectivity index (χ1) is 12.2. The molecule has 0 aromatic carbocycles. The van der Waals surface area contributed by atoms with Gasteiger partial charge < -0.3 is 10.6 Å². The van der Waals surface area contributed by atoms with Gasteiger partial charge in [0.1, 0.15) is 6.42 Å². The maximum Gasteiger partial charge on any atom is 0.229 e. The molecule has 1 heterocycles. The summed E-state index contributed by atoms with van der Waals surface area (Å²) in [6, 6.07) is 0. The van der Waals surface area contributed by atoms with Crippen LogP contribution in [0.5, 0.6) is 0 Å². The van der Waals surface area contributed by atoms with Crippen molar-refractivity contribution in [3.8, 4) is 0 Å². The molecule has 178 valence electrons. The molecular formula is C23H49N5O2. The quantitative estimate of drug-likeness (QED) is 0.663. The van der Waals surface area contributed by atoms with Crippen LogP contribution in [0, 0.1) is 0 Å². The molecule has 0 radical (unpaired) electrons. The first-order valence-corrected chi connectivity index (χ1v) is 9.76. The largest absolute Gasteiger partial charge is 0.351 e. The number of amides is 2. The fourth-order valence-corrected chi connectivity index (χ4v) is 2.01. The number of carbonyl (C=O) groups excluding carboxylic acids is 2. The van der Waals surface area contributed by atoms with Crippen molar-refractivity contribution < 1.29 is 9.59 Å². The van der Waals surface area contributed by atoms with Gasteiger partial charge in [-0.25, -0.2) is 4.68 Å². The molecule has 0 aliphatic heterocycles. The van der Waals surface area contributed by atoms with E-state index in [-0.39, 0.29) is 55.1 Å². The van der Waals surface area contributed by atoms with Crippen LogP contribution in [0.2, 0.25) is 0 Å². The molecule has 0 aliphatic rings. The summed E-state index contributed by atoms with van der Waals surface area (Å²) in [6.07, 6.45) is 1.91. The number of nitrogens with zero attached hydrogens (tertiary/aromatic N) is 3. The number of hydrogen-bond acceptors (Lipinski definition) is 4. The molecule has 7 nitrogen and oxygen atoms in total. The van der Waals surface area contributed by atoms with E-state index in [9.17, 15) is 9.59 Å². The van der Waals surface area contributed by atoms with Gasteiger partial charge in [0.15, 0.2) is 0 Å². The van der Waals surface area contributed by atoms with Crippen molar-refractivity contribution in [3.63, 3.8) is 0 Å². The van der Waals surface area contributed by atoms with Crippen molar-refractivity contribution in [2.75, 3.05) is 0 Å². The molecule has 0 fully saturated rings. The predicted octanol–water partition coefficient (Wildman–Crippen LogP) is 4.81. The summed E-state index contributed by atoms with van der Waals surface area (Å²) >= 11 is 0. The molecule has 30 heavy (non-hydrogen) atoms. The highest BCUT2D eigenvalue weighted by atomic mass is 16.2. The highest BCUT2D eigenvalue weighted by Gasteiger charge is 2.22. The summed E-state index contributed by atoms with van der Waals surface area (Å²) in [4.78, 5) is 22.8. The molecule has 1 aromatic rings. The highest BCUT2D eigenvalue weighted by Crippen LogP contribution is 2.21. The third-order valence-electron chi connectivity index (χ3n) is 3.30. The van der Waals surface area contributed by atoms with E-state index in [0.29, 0.717) is 0 Å². The molecular weight excluding hydrogens is 378 g/mol. The third kappa shape index (κ3) is 15.0. The average molecular weight is 428 g/mol. The summed E-state index contributed by atoms with van der Waals surface area (Å²) in [5.41, 5.74) is 0.570. The van der Waals surface area contributed by atoms with Gasteiger partial charge in [0.2, 0.25) is 11.8 Å². The Morgan fingerprint density at radius 1 is 0.800 bits per heavy atom. The van der Waals surface area contributed by atoms with E-state index in [1.807, 2.05) is 52.4 Å². The van der Waals surface area contributed by atoms with Gasteiger partial charge in [0, 0.05) is 22.7 Å². The van der Waals surface area contributed by atoms with Gasteiger partial charge in [-0.2, -0.15) is 0 Å². The Labute approximate surface area is 185 Å². The normalized spacial score (nSPS) is 11.9. The lowest BCUT2D eigenvalue weighted by Crippen LogP contribution is -2.46. The van der Waals surface area contributed by atoms with E-state index in [0.717, 1.165) is 5.69 Å². The van der Waals surface area contributed by atoms with Crippen molar-refractivity contribution >= 4 is 11.8 Å². The molecule has 0 spiro atoms. The summed E-state index contributed by atoms with van der Waals surface area (Å²) in [7, 11) is 0. The second-order valence-electron chi connectivity index (χ2n) is 11.2. The Morgan fingerprint density at radius 2 is 1.17 bits per heavy atom. The lowest BCUT2D eigenvalue weighted by molar-refractivity contribution is -0.130. The fourth-order valence-electron chi connectivity index (χ4n) is 2.01. The number of rotatable bonds is 2. The van der Waals surface area contributed by atoms with E-state index in [4.69, 9.17) is 0 Å². The first-order valence-electron chi connectivity index (χ1n) is 9.76. The van der Waals surface area contributed by atoms with Crippen LogP contribution in [-0.2, 0) is 20.5 Å². The van der Waals surface area contributed by atoms with E-state index < -0.39 is 0 Å². The molecule has 0 saturated carbocycles. The highest BCUT2D eigenvalue weighted by molar-refractivity contribution is 5.97. The molecule has 0 atom stereocenters. The van der Waals surface area contributed by atoms with Gasteiger partial charge in [-0.1, -0.05) is 40.8 Å². The minimum Gasteiger partial charge on any atom is -0.351 e. The summed E-state index contributed by atoms with van der Waals surface area (Å²) in [6.45, 7) is 24.1. The molecule has 1 rings (SSSR count). The van der Waals surface area contributed by atoms with Crippen molar-refractivity contribution in [1.82, 2.24) is 25.6 Å². The zero-order valence-corrected chi connectivity index (χ0v) is 19.9. The van der Waals surface area contributed by atoms with Crippen molar-refractivity contribution in [3.05, 3.63) is 11.9 Å². The summed E-state index contributed by atoms with van der Waals surface area (Å²) in [5.74, 6) is -0.492. The summed E-state index contributed by atoms with van der Waals surface area (Å²) < 4.78 is 1.91. The number of hydrogen-bond donors (Lipinski definition) is 2. The maximum atomic E-state index is 11.4. The Bertz CT molecular complexity index is 596. The third-order valence-corrected chi connectivity index (χ3v) is 3.30. The van der Waals surface area contributed by atoms with Crippen molar-refractivity contribution in [2.24, 2.45) is 0 Å². The molecule has 0 unspecified atom stereocenters. The Balaban J connectivity index is -0.000000458. The lowest BCUT2D eigenvalue weighted by Gasteiger charge is -2.22. The van der Waals surface area contributed by atoms with Crippen molar-refractivity contribution in [1.29, 1.82) is 0 Å². The first kappa shape index (κ1) is 32.7. The SMILES string of the molecule is C.C.CC(C)(C)NC(=O)CC(=O)NC(C)(C)C.CC(C)(C)c1cn(C(C)(C)C)nn1. The van der Waals surface area contributed by atoms with Crippen LogP contribution < -0.4 is 10.6 Å². The maximum absolute atomic E-state index is 11.4. The van der Waals surface area contributed by atoms with Gasteiger partial charge >= 0.3 is 0 Å². The van der Waals surface area contributed by atoms with Crippen LogP contribution in [-0.4, -0.2) is 37.9 Å². The van der Waals surface area contributed by atoms with Gasteiger partial charge in [0.25, 0.3) is 0 Å². The van der Waals surface area contributed by atoms with E-state index in [1.54, 1.807) is 0 Å². The Kier molecular flexibility index (Phi) is 12.5. The molecule has 0 bridgehead atoms. The second kappa shape index (κ2) is 11.5. The van der Waals surface area contributed by atoms with Crippen LogP contribution in [0.4, 0.5) is 0 Å². The van der Waals surface area contributed by atoms with Crippen LogP contribution in [0.25, 0.3) is 0 Å². The van der Waals surface area contributed by atoms with E-state index in [2.05, 4.69) is 62.5 Å². The molecule has 2 amide bonds. The standard InChI is InChI=1S/C11H22N2O2.C10H19N3.2CH4/c1-10(2,3)12-8(14)7-9(15)13-11(4,5)6;1-9(2,3)8-7-13(12-11-8)10(4,5)6;;/h7H2,1-6H3,(H,12,14)(H,13,15);7H,1-6H3;2*1H4. The minimum absolute atomic E-state index is 0. The van der Waals surface area contributed by atoms with Gasteiger partial charge in [-0.05, 0) is 62.3 Å². The monoisotopic (exact) mass is 427 g/mol. The molecule has 7 heteroatoms. The zero-order valence-electron chi connectivity index (χ0n) is 19.9. The second-order valence-corrected chi connectivity index (χ2v) is 11.2. The van der Waals surface area contributed by atoms with Gasteiger partial charge in [-0.3, -0.25) is 9.59 Å². The van der Waals surface area contributed by atoms with Crippen LogP contribution in [0.1, 0.15) is 110 Å². The summed E-state index contributed by atoms with van der Waals surface area (Å²) in [5, 5.41) is 13.8. The Morgan fingerprint density at radius 3 is 1.37 bits per heavy atom. The van der Waals surface area contributed by atoms with Crippen LogP contribution in [0.15, 0.2) is 6.20 Å². The van der Waals surface area contributed by atoms with Gasteiger partial charge in [0.05, 0.1) is 11.2 Å². The van der Waals surface area contributed by atoms with Gasteiger partial charge in [-0.15, -0.1) is 5.10 Å². The molecule has 2 N–H and O–H groups in total. The van der Waals surface area contributed by atoms with E-state index in [1.165, 1.54) is 0 Å². The average Bonchev–Trinajstić information content (AvgIpc) is 2.82. The molecule has 0 saturated heterocycles. The smallest absolute Gasteiger partial charge is 0.229 e. The van der Waals surface area contributed by atoms with Crippen LogP contribution >= 0.6 is 0 Å². The molecule has 1 aromatic heterocycles. The Hall–Kier alpha value is -1.92.